The number of thioether (sulfide) groups is 1. The van der Waals surface area contributed by atoms with Gasteiger partial charge in [-0.1, -0.05) is 78.9 Å². The molecule has 1 amide bonds. The van der Waals surface area contributed by atoms with Crippen molar-refractivity contribution in [3.8, 4) is 11.5 Å². The number of nitrogens with zero attached hydrogens (tertiary/aromatic N) is 3. The summed E-state index contributed by atoms with van der Waals surface area (Å²) in [6, 6.07) is 22.9. The van der Waals surface area contributed by atoms with E-state index in [0.717, 1.165) is 18.4 Å². The third-order valence-corrected chi connectivity index (χ3v) is 8.70. The first-order valence-corrected chi connectivity index (χ1v) is 15.0. The molecule has 2 heterocycles. The number of benzene rings is 3. The van der Waals surface area contributed by atoms with Crippen molar-refractivity contribution in [2.45, 2.75) is 35.9 Å². The number of methoxy groups -OCH3 is 1. The van der Waals surface area contributed by atoms with E-state index < -0.39 is 17.7 Å². The highest BCUT2D eigenvalue weighted by Crippen LogP contribution is 2.44. The zero-order valence-electron chi connectivity index (χ0n) is 22.6. The third kappa shape index (κ3) is 6.28. The second kappa shape index (κ2) is 13.0. The molecule has 1 atom stereocenters. The molecule has 1 aromatic heterocycles. The number of carbonyl (C=O) groups is 2. The van der Waals surface area contributed by atoms with Gasteiger partial charge in [-0.25, -0.2) is 0 Å². The summed E-state index contributed by atoms with van der Waals surface area (Å²) in [5, 5.41) is 20.2. The van der Waals surface area contributed by atoms with Crippen LogP contribution in [0, 0.1) is 0 Å². The Morgan fingerprint density at radius 1 is 0.976 bits per heavy atom. The predicted molar refractivity (Wildman–Crippen MR) is 161 cm³/mol. The van der Waals surface area contributed by atoms with E-state index in [9.17, 15) is 14.7 Å². The Labute approximate surface area is 246 Å². The first kappa shape index (κ1) is 28.4. The minimum atomic E-state index is -0.902. The highest BCUT2D eigenvalue weighted by Gasteiger charge is 2.48. The topological polar surface area (TPSA) is 102 Å². The number of rotatable bonds is 11. The number of aromatic nitrogens is 2. The van der Waals surface area contributed by atoms with Crippen LogP contribution >= 0.6 is 23.1 Å². The van der Waals surface area contributed by atoms with Crippen LogP contribution < -0.4 is 14.4 Å². The van der Waals surface area contributed by atoms with Gasteiger partial charge in [0.25, 0.3) is 5.78 Å². The van der Waals surface area contributed by atoms with Crippen LogP contribution in [0.15, 0.2) is 88.8 Å². The molecule has 0 radical (unpaired) electrons. The lowest BCUT2D eigenvalue weighted by Gasteiger charge is -2.22. The van der Waals surface area contributed by atoms with Gasteiger partial charge in [-0.3, -0.25) is 14.5 Å². The molecule has 1 N–H and O–H groups in total. The molecule has 1 aliphatic rings. The van der Waals surface area contributed by atoms with E-state index in [1.54, 1.807) is 55.6 Å². The van der Waals surface area contributed by atoms with E-state index in [2.05, 4.69) is 17.1 Å². The number of ether oxygens (including phenoxy) is 2. The molecule has 8 nitrogen and oxygen atoms in total. The van der Waals surface area contributed by atoms with Crippen LogP contribution in [-0.4, -0.2) is 40.7 Å². The lowest BCUT2D eigenvalue weighted by molar-refractivity contribution is -0.132. The lowest BCUT2D eigenvalue weighted by atomic mass is 9.95. The molecule has 0 bridgehead atoms. The number of hydrogen-bond donors (Lipinski definition) is 1. The molecular formula is C31H29N3O5S2. The smallest absolute Gasteiger partial charge is 0.301 e. The molecule has 3 aromatic carbocycles. The summed E-state index contributed by atoms with van der Waals surface area (Å²) >= 11 is 2.73. The van der Waals surface area contributed by atoms with Gasteiger partial charge in [0.05, 0.1) is 25.3 Å². The van der Waals surface area contributed by atoms with Crippen LogP contribution in [0.5, 0.6) is 11.5 Å². The summed E-state index contributed by atoms with van der Waals surface area (Å²) in [7, 11) is 1.56. The van der Waals surface area contributed by atoms with Gasteiger partial charge in [-0.2, -0.15) is 0 Å². The molecule has 0 spiro atoms. The standard InChI is InChI=1S/C31H29N3O5S2/c1-3-4-18-39-24-16-12-22(13-17-24)27(35)25-26(21-10-14-23(38-2)15-11-21)34(29(37)28(25)36)30-32-33-31(41-30)40-19-20-8-6-5-7-9-20/h5-17,26,35H,3-4,18-19H2,1-2H3/b27-25-. The fraction of sp³-hybridized carbons (Fsp3) is 0.226. The first-order chi connectivity index (χ1) is 20.0. The quantitative estimate of drug-likeness (QED) is 0.0520. The Bertz CT molecular complexity index is 1540. The second-order valence-corrected chi connectivity index (χ2v) is 11.5. The van der Waals surface area contributed by atoms with Gasteiger partial charge in [0.2, 0.25) is 5.13 Å². The Morgan fingerprint density at radius 2 is 1.68 bits per heavy atom. The van der Waals surface area contributed by atoms with E-state index in [0.29, 0.717) is 39.3 Å². The monoisotopic (exact) mass is 587 g/mol. The summed E-state index contributed by atoms with van der Waals surface area (Å²) < 4.78 is 11.7. The summed E-state index contributed by atoms with van der Waals surface area (Å²) in [5.41, 5.74) is 2.14. The molecule has 10 heteroatoms. The fourth-order valence-electron chi connectivity index (χ4n) is 4.41. The molecule has 4 aromatic rings. The summed E-state index contributed by atoms with van der Waals surface area (Å²) in [5.74, 6) is 0.142. The first-order valence-electron chi connectivity index (χ1n) is 13.2. The van der Waals surface area contributed by atoms with E-state index in [1.807, 2.05) is 30.3 Å². The fourth-order valence-corrected chi connectivity index (χ4v) is 6.23. The number of hydrogen-bond acceptors (Lipinski definition) is 9. The van der Waals surface area contributed by atoms with Crippen molar-refractivity contribution >= 4 is 45.7 Å². The average Bonchev–Trinajstić information content (AvgIpc) is 3.58. The van der Waals surface area contributed by atoms with E-state index >= 15 is 0 Å². The minimum Gasteiger partial charge on any atom is -0.507 e. The number of Topliss-reactive ketones (excluding diaryl/α,β-unsaturated/α-hetero) is 1. The molecule has 1 unspecified atom stereocenters. The van der Waals surface area contributed by atoms with E-state index in [4.69, 9.17) is 9.47 Å². The predicted octanol–water partition coefficient (Wildman–Crippen LogP) is 6.64. The number of ketones is 1. The van der Waals surface area contributed by atoms with Crippen molar-refractivity contribution < 1.29 is 24.2 Å². The zero-order valence-corrected chi connectivity index (χ0v) is 24.3. The molecule has 0 saturated carbocycles. The number of amides is 1. The van der Waals surface area contributed by atoms with E-state index in [1.165, 1.54) is 28.0 Å². The zero-order chi connectivity index (χ0) is 28.8. The number of aliphatic hydroxyl groups is 1. The largest absolute Gasteiger partial charge is 0.507 e. The van der Waals surface area contributed by atoms with Crippen LogP contribution in [0.3, 0.4) is 0 Å². The molecule has 1 fully saturated rings. The molecule has 41 heavy (non-hydrogen) atoms. The maximum absolute atomic E-state index is 13.5. The van der Waals surface area contributed by atoms with Crippen molar-refractivity contribution in [3.63, 3.8) is 0 Å². The summed E-state index contributed by atoms with van der Waals surface area (Å²) in [4.78, 5) is 28.3. The number of unbranched alkanes of at least 4 members (excludes halogenated alkanes) is 1. The Hall–Kier alpha value is -4.15. The van der Waals surface area contributed by atoms with Crippen LogP contribution in [0.2, 0.25) is 0 Å². The van der Waals surface area contributed by atoms with Crippen LogP contribution in [0.25, 0.3) is 5.76 Å². The Morgan fingerprint density at radius 3 is 2.37 bits per heavy atom. The molecular weight excluding hydrogens is 558 g/mol. The minimum absolute atomic E-state index is 0.0199. The summed E-state index contributed by atoms with van der Waals surface area (Å²) in [6.07, 6.45) is 1.96. The van der Waals surface area contributed by atoms with Crippen LogP contribution in [-0.2, 0) is 15.3 Å². The SMILES string of the molecule is CCCCOc1ccc(/C(O)=C2/C(=O)C(=O)N(c3nnc(SCc4ccccc4)s3)C2c2ccc(OC)cc2)cc1. The number of aliphatic hydroxyl groups excluding tert-OH is 1. The van der Waals surface area contributed by atoms with Gasteiger partial charge < -0.3 is 14.6 Å². The van der Waals surface area contributed by atoms with Gasteiger partial charge in [-0.15, -0.1) is 10.2 Å². The van der Waals surface area contributed by atoms with Gasteiger partial charge in [0, 0.05) is 11.3 Å². The van der Waals surface area contributed by atoms with Crippen molar-refractivity contribution in [3.05, 3.63) is 101 Å². The average molecular weight is 588 g/mol. The maximum atomic E-state index is 13.5. The van der Waals surface area contributed by atoms with Gasteiger partial charge in [0.15, 0.2) is 4.34 Å². The summed E-state index contributed by atoms with van der Waals surface area (Å²) in [6.45, 7) is 2.68. The normalized spacial score (nSPS) is 16.2. The van der Waals surface area contributed by atoms with Gasteiger partial charge >= 0.3 is 5.91 Å². The molecule has 0 aliphatic carbocycles. The van der Waals surface area contributed by atoms with Crippen LogP contribution in [0.4, 0.5) is 5.13 Å². The van der Waals surface area contributed by atoms with Crippen LogP contribution in [0.1, 0.15) is 42.5 Å². The highest BCUT2D eigenvalue weighted by molar-refractivity contribution is 8.00. The van der Waals surface area contributed by atoms with Gasteiger partial charge in [-0.05, 0) is 53.9 Å². The molecule has 210 valence electrons. The lowest BCUT2D eigenvalue weighted by Crippen LogP contribution is -2.29. The Kier molecular flexibility index (Phi) is 9.01. The molecule has 1 aliphatic heterocycles. The molecule has 1 saturated heterocycles. The van der Waals surface area contributed by atoms with E-state index in [-0.39, 0.29) is 16.5 Å². The maximum Gasteiger partial charge on any atom is 0.301 e. The van der Waals surface area contributed by atoms with Gasteiger partial charge in [0.1, 0.15) is 17.3 Å². The van der Waals surface area contributed by atoms with Crippen molar-refractivity contribution in [1.82, 2.24) is 10.2 Å². The van der Waals surface area contributed by atoms with Crippen molar-refractivity contribution in [2.24, 2.45) is 0 Å². The third-order valence-electron chi connectivity index (χ3n) is 6.58. The number of anilines is 1. The number of carbonyl (C=O) groups excluding carboxylic acids is 2. The second-order valence-electron chi connectivity index (χ2n) is 9.29. The van der Waals surface area contributed by atoms with Crippen molar-refractivity contribution in [2.75, 3.05) is 18.6 Å². The molecule has 5 rings (SSSR count). The van der Waals surface area contributed by atoms with Crippen molar-refractivity contribution in [1.29, 1.82) is 0 Å². The Balaban J connectivity index is 1.50. The highest BCUT2D eigenvalue weighted by atomic mass is 32.2.